The Balaban J connectivity index is 1.32. The Morgan fingerprint density at radius 2 is 1.53 bits per heavy atom. The van der Waals surface area contributed by atoms with Crippen LogP contribution in [0.15, 0.2) is 65.6 Å². The Kier molecular flexibility index (Phi) is 5.48. The topological polar surface area (TPSA) is 76.2 Å². The molecule has 1 fully saturated rings. The van der Waals surface area contributed by atoms with Gasteiger partial charge in [-0.2, -0.15) is 4.31 Å². The Morgan fingerprint density at radius 3 is 2.34 bits per heavy atom. The summed E-state index contributed by atoms with van der Waals surface area (Å²) >= 11 is 0. The van der Waals surface area contributed by atoms with Crippen LogP contribution in [-0.2, 0) is 10.0 Å². The number of sulfonamides is 1. The number of fused-ring (bicyclic) bond motifs is 2. The van der Waals surface area contributed by atoms with Gasteiger partial charge in [-0.15, -0.1) is 0 Å². The standard InChI is InChI=1S/C24H24N2O5S/c27-24(21-8-3-6-18-5-1-2-7-20(18)21)25-11-13-26(14-12-25)32(28,29)19-9-10-22-23(17-19)31-16-4-15-30-22/h1-3,5-10,17H,4,11-16H2. The molecule has 32 heavy (non-hydrogen) atoms. The fraction of sp³-hybridized carbons (Fsp3) is 0.292. The molecule has 0 unspecified atom stereocenters. The minimum Gasteiger partial charge on any atom is -0.490 e. The lowest BCUT2D eigenvalue weighted by molar-refractivity contribution is 0.0700. The van der Waals surface area contributed by atoms with Crippen LogP contribution in [0.4, 0.5) is 0 Å². The van der Waals surface area contributed by atoms with Crippen LogP contribution in [0.1, 0.15) is 16.8 Å². The molecule has 8 heteroatoms. The molecule has 166 valence electrons. The first-order valence-corrected chi connectivity index (χ1v) is 12.1. The van der Waals surface area contributed by atoms with E-state index in [1.54, 1.807) is 17.0 Å². The smallest absolute Gasteiger partial charge is 0.254 e. The predicted molar refractivity (Wildman–Crippen MR) is 121 cm³/mol. The van der Waals surface area contributed by atoms with E-state index in [0.717, 1.165) is 17.2 Å². The van der Waals surface area contributed by atoms with Crippen LogP contribution < -0.4 is 9.47 Å². The van der Waals surface area contributed by atoms with Gasteiger partial charge in [0.25, 0.3) is 5.91 Å². The molecule has 2 aliphatic heterocycles. The molecule has 0 aromatic heterocycles. The predicted octanol–water partition coefficient (Wildman–Crippen LogP) is 3.15. The van der Waals surface area contributed by atoms with Gasteiger partial charge in [-0.1, -0.05) is 36.4 Å². The number of benzene rings is 3. The van der Waals surface area contributed by atoms with Gasteiger partial charge in [-0.05, 0) is 29.0 Å². The highest BCUT2D eigenvalue weighted by Crippen LogP contribution is 2.33. The van der Waals surface area contributed by atoms with E-state index in [1.807, 2.05) is 42.5 Å². The number of amides is 1. The summed E-state index contributed by atoms with van der Waals surface area (Å²) in [6.45, 7) is 2.20. The van der Waals surface area contributed by atoms with Crippen molar-refractivity contribution < 1.29 is 22.7 Å². The van der Waals surface area contributed by atoms with Crippen molar-refractivity contribution >= 4 is 26.7 Å². The number of ether oxygens (including phenoxy) is 2. The maximum Gasteiger partial charge on any atom is 0.254 e. The second kappa shape index (κ2) is 8.44. The number of hydrogen-bond donors (Lipinski definition) is 0. The van der Waals surface area contributed by atoms with E-state index in [-0.39, 0.29) is 23.9 Å². The lowest BCUT2D eigenvalue weighted by Gasteiger charge is -2.34. The highest BCUT2D eigenvalue weighted by molar-refractivity contribution is 7.89. The Bertz CT molecular complexity index is 1260. The molecule has 0 N–H and O–H groups in total. The second-order valence-corrected chi connectivity index (χ2v) is 9.82. The van der Waals surface area contributed by atoms with Crippen molar-refractivity contribution in [2.24, 2.45) is 0 Å². The first kappa shape index (κ1) is 20.8. The average Bonchev–Trinajstić information content (AvgIpc) is 3.08. The Morgan fingerprint density at radius 1 is 0.812 bits per heavy atom. The van der Waals surface area contributed by atoms with Gasteiger partial charge in [-0.25, -0.2) is 8.42 Å². The van der Waals surface area contributed by atoms with E-state index in [4.69, 9.17) is 9.47 Å². The molecule has 0 atom stereocenters. The second-order valence-electron chi connectivity index (χ2n) is 7.88. The van der Waals surface area contributed by atoms with Crippen LogP contribution in [0.3, 0.4) is 0 Å². The van der Waals surface area contributed by atoms with Crippen LogP contribution in [0.5, 0.6) is 11.5 Å². The third-order valence-corrected chi connectivity index (χ3v) is 7.80. The van der Waals surface area contributed by atoms with E-state index < -0.39 is 10.0 Å². The van der Waals surface area contributed by atoms with Crippen LogP contribution in [0, 0.1) is 0 Å². The van der Waals surface area contributed by atoms with Gasteiger partial charge in [0, 0.05) is 44.2 Å². The molecule has 1 amide bonds. The van der Waals surface area contributed by atoms with E-state index in [2.05, 4.69) is 0 Å². The molecular weight excluding hydrogens is 428 g/mol. The van der Waals surface area contributed by atoms with Gasteiger partial charge in [0.05, 0.1) is 18.1 Å². The molecule has 5 rings (SSSR count). The molecule has 0 saturated carbocycles. The number of piperazine rings is 1. The molecular formula is C24H24N2O5S. The lowest BCUT2D eigenvalue weighted by atomic mass is 10.0. The SMILES string of the molecule is O=C(c1cccc2ccccc12)N1CCN(S(=O)(=O)c2ccc3c(c2)OCCCO3)CC1. The highest BCUT2D eigenvalue weighted by atomic mass is 32.2. The van der Waals surface area contributed by atoms with E-state index in [0.29, 0.717) is 43.4 Å². The van der Waals surface area contributed by atoms with Crippen molar-refractivity contribution in [2.45, 2.75) is 11.3 Å². The van der Waals surface area contributed by atoms with Gasteiger partial charge in [0.1, 0.15) is 0 Å². The summed E-state index contributed by atoms with van der Waals surface area (Å²) in [6.07, 6.45) is 0.753. The average molecular weight is 453 g/mol. The Labute approximate surface area is 187 Å². The zero-order valence-corrected chi connectivity index (χ0v) is 18.4. The maximum atomic E-state index is 13.2. The number of carbonyl (C=O) groups excluding carboxylic acids is 1. The largest absolute Gasteiger partial charge is 0.490 e. The van der Waals surface area contributed by atoms with Crippen molar-refractivity contribution in [3.8, 4) is 11.5 Å². The summed E-state index contributed by atoms with van der Waals surface area (Å²) in [5.41, 5.74) is 0.641. The van der Waals surface area contributed by atoms with Crippen molar-refractivity contribution in [2.75, 3.05) is 39.4 Å². The molecule has 2 heterocycles. The van der Waals surface area contributed by atoms with Crippen molar-refractivity contribution in [3.63, 3.8) is 0 Å². The third-order valence-electron chi connectivity index (χ3n) is 5.90. The van der Waals surface area contributed by atoms with Crippen molar-refractivity contribution in [3.05, 3.63) is 66.2 Å². The summed E-state index contributed by atoms with van der Waals surface area (Å²) in [7, 11) is -3.70. The quantitative estimate of drug-likeness (QED) is 0.610. The van der Waals surface area contributed by atoms with Crippen molar-refractivity contribution in [1.29, 1.82) is 0 Å². The molecule has 1 saturated heterocycles. The molecule has 0 radical (unpaired) electrons. The summed E-state index contributed by atoms with van der Waals surface area (Å²) in [5, 5.41) is 1.91. The molecule has 0 aliphatic carbocycles. The monoisotopic (exact) mass is 452 g/mol. The van der Waals surface area contributed by atoms with Gasteiger partial charge < -0.3 is 14.4 Å². The molecule has 2 aliphatic rings. The zero-order valence-electron chi connectivity index (χ0n) is 17.6. The molecule has 0 spiro atoms. The Hall–Kier alpha value is -3.10. The molecule has 3 aromatic rings. The normalized spacial score (nSPS) is 17.2. The third kappa shape index (κ3) is 3.80. The lowest BCUT2D eigenvalue weighted by Crippen LogP contribution is -2.50. The number of nitrogens with zero attached hydrogens (tertiary/aromatic N) is 2. The fourth-order valence-electron chi connectivity index (χ4n) is 4.17. The number of hydrogen-bond acceptors (Lipinski definition) is 5. The number of rotatable bonds is 3. The summed E-state index contributed by atoms with van der Waals surface area (Å²) in [6, 6.07) is 18.2. The number of carbonyl (C=O) groups is 1. The summed E-state index contributed by atoms with van der Waals surface area (Å²) in [5.74, 6) is 0.940. The zero-order chi connectivity index (χ0) is 22.1. The van der Waals surface area contributed by atoms with Gasteiger partial charge in [-0.3, -0.25) is 4.79 Å². The first-order chi connectivity index (χ1) is 15.5. The van der Waals surface area contributed by atoms with Crippen LogP contribution in [0.25, 0.3) is 10.8 Å². The minimum atomic E-state index is -3.70. The first-order valence-electron chi connectivity index (χ1n) is 10.7. The molecule has 3 aromatic carbocycles. The maximum absolute atomic E-state index is 13.2. The van der Waals surface area contributed by atoms with Gasteiger partial charge in [0.15, 0.2) is 11.5 Å². The van der Waals surface area contributed by atoms with Crippen LogP contribution >= 0.6 is 0 Å². The van der Waals surface area contributed by atoms with Gasteiger partial charge in [0.2, 0.25) is 10.0 Å². The van der Waals surface area contributed by atoms with E-state index >= 15 is 0 Å². The van der Waals surface area contributed by atoms with Crippen LogP contribution in [-0.4, -0.2) is 62.9 Å². The molecule has 0 bridgehead atoms. The minimum absolute atomic E-state index is 0.0746. The highest BCUT2D eigenvalue weighted by Gasteiger charge is 2.31. The summed E-state index contributed by atoms with van der Waals surface area (Å²) in [4.78, 5) is 15.1. The van der Waals surface area contributed by atoms with Gasteiger partial charge >= 0.3 is 0 Å². The summed E-state index contributed by atoms with van der Waals surface area (Å²) < 4.78 is 39.1. The molecule has 7 nitrogen and oxygen atoms in total. The van der Waals surface area contributed by atoms with Crippen LogP contribution in [0.2, 0.25) is 0 Å². The van der Waals surface area contributed by atoms with Crippen molar-refractivity contribution in [1.82, 2.24) is 9.21 Å². The van der Waals surface area contributed by atoms with E-state index in [9.17, 15) is 13.2 Å². The fourth-order valence-corrected chi connectivity index (χ4v) is 5.61. The van der Waals surface area contributed by atoms with E-state index in [1.165, 1.54) is 10.4 Å².